The molecule has 0 radical (unpaired) electrons. The van der Waals surface area contributed by atoms with E-state index in [1.165, 1.54) is 74.2 Å². The highest BCUT2D eigenvalue weighted by atomic mass is 79.9. The van der Waals surface area contributed by atoms with E-state index in [-0.39, 0.29) is 0 Å². The summed E-state index contributed by atoms with van der Waals surface area (Å²) in [7, 11) is 0. The normalized spacial score (nSPS) is 21.8. The Balaban J connectivity index is 1.73. The van der Waals surface area contributed by atoms with Crippen molar-refractivity contribution in [3.63, 3.8) is 0 Å². The first-order chi connectivity index (χ1) is 10.3. The second-order valence-corrected chi connectivity index (χ2v) is 7.80. The molecule has 21 heavy (non-hydrogen) atoms. The molecular weight excluding hydrogens is 322 g/mol. The molecule has 0 aromatic heterocycles. The van der Waals surface area contributed by atoms with Gasteiger partial charge in [0, 0.05) is 23.1 Å². The van der Waals surface area contributed by atoms with Gasteiger partial charge in [-0.25, -0.2) is 0 Å². The molecule has 2 aliphatic carbocycles. The van der Waals surface area contributed by atoms with Crippen LogP contribution in [0.3, 0.4) is 0 Å². The smallest absolute Gasteiger partial charge is 0.0240 e. The average molecular weight is 350 g/mol. The fourth-order valence-corrected chi connectivity index (χ4v) is 4.67. The second kappa shape index (κ2) is 7.78. The van der Waals surface area contributed by atoms with Gasteiger partial charge in [0.15, 0.2) is 0 Å². The molecule has 3 rings (SSSR count). The molecule has 0 saturated heterocycles. The largest absolute Gasteiger partial charge is 0.293 e. The Bertz CT molecular complexity index is 415. The number of hydrogen-bond acceptors (Lipinski definition) is 1. The Morgan fingerprint density at radius 3 is 1.95 bits per heavy atom. The van der Waals surface area contributed by atoms with Crippen molar-refractivity contribution < 1.29 is 0 Å². The van der Waals surface area contributed by atoms with Crippen LogP contribution in [-0.2, 0) is 6.54 Å². The molecule has 1 nitrogen and oxygen atoms in total. The molecule has 0 aliphatic heterocycles. The van der Waals surface area contributed by atoms with Gasteiger partial charge in [0.2, 0.25) is 0 Å². The van der Waals surface area contributed by atoms with E-state index >= 15 is 0 Å². The fraction of sp³-hybridized carbons (Fsp3) is 0.684. The number of hydrogen-bond donors (Lipinski definition) is 0. The van der Waals surface area contributed by atoms with E-state index in [1.54, 1.807) is 0 Å². The van der Waals surface area contributed by atoms with Crippen molar-refractivity contribution >= 4 is 15.9 Å². The highest BCUT2D eigenvalue weighted by molar-refractivity contribution is 9.10. The molecule has 0 amide bonds. The molecule has 1 aromatic carbocycles. The van der Waals surface area contributed by atoms with Gasteiger partial charge in [0.05, 0.1) is 0 Å². The maximum Gasteiger partial charge on any atom is 0.0240 e. The van der Waals surface area contributed by atoms with E-state index < -0.39 is 0 Å². The molecule has 2 fully saturated rings. The highest BCUT2D eigenvalue weighted by Crippen LogP contribution is 2.31. The molecule has 0 unspecified atom stereocenters. The van der Waals surface area contributed by atoms with E-state index in [2.05, 4.69) is 45.1 Å². The summed E-state index contributed by atoms with van der Waals surface area (Å²) in [6.07, 6.45) is 14.3. The lowest BCUT2D eigenvalue weighted by Gasteiger charge is -2.41. The van der Waals surface area contributed by atoms with Gasteiger partial charge in [-0.05, 0) is 43.4 Å². The Morgan fingerprint density at radius 2 is 1.43 bits per heavy atom. The third kappa shape index (κ3) is 4.32. The zero-order valence-corrected chi connectivity index (χ0v) is 14.7. The minimum Gasteiger partial charge on any atom is -0.293 e. The van der Waals surface area contributed by atoms with Crippen molar-refractivity contribution in [3.05, 3.63) is 34.3 Å². The maximum absolute atomic E-state index is 3.63. The first-order valence-corrected chi connectivity index (χ1v) is 9.62. The first kappa shape index (κ1) is 15.6. The van der Waals surface area contributed by atoms with Gasteiger partial charge in [0.1, 0.15) is 0 Å². The van der Waals surface area contributed by atoms with Crippen molar-refractivity contribution in [1.82, 2.24) is 4.90 Å². The van der Waals surface area contributed by atoms with Crippen LogP contribution in [0, 0.1) is 0 Å². The summed E-state index contributed by atoms with van der Waals surface area (Å²) in [4.78, 5) is 2.88. The molecule has 2 aliphatic rings. The number of halogens is 1. The van der Waals surface area contributed by atoms with E-state index in [9.17, 15) is 0 Å². The predicted molar refractivity (Wildman–Crippen MR) is 93.4 cm³/mol. The van der Waals surface area contributed by atoms with E-state index in [0.717, 1.165) is 18.6 Å². The lowest BCUT2D eigenvalue weighted by atomic mass is 9.88. The molecule has 0 spiro atoms. The summed E-state index contributed by atoms with van der Waals surface area (Å²) < 4.78 is 1.22. The van der Waals surface area contributed by atoms with Crippen LogP contribution in [0.4, 0.5) is 0 Å². The molecule has 2 heteroatoms. The quantitative estimate of drug-likeness (QED) is 0.652. The standard InChI is InChI=1S/C19H28BrN/c20-17-9-7-8-16(14-17)15-21(18-10-3-1-4-11-18)19-12-5-2-6-13-19/h7-9,14,18-19H,1-6,10-13,15H2. The molecule has 0 N–H and O–H groups in total. The van der Waals surface area contributed by atoms with Gasteiger partial charge in [-0.15, -0.1) is 0 Å². The summed E-state index contributed by atoms with van der Waals surface area (Å²) in [6, 6.07) is 10.6. The van der Waals surface area contributed by atoms with Crippen LogP contribution < -0.4 is 0 Å². The Labute approximate surface area is 138 Å². The Hall–Kier alpha value is -0.340. The van der Waals surface area contributed by atoms with Crippen LogP contribution >= 0.6 is 15.9 Å². The molecule has 116 valence electrons. The van der Waals surface area contributed by atoms with E-state index in [1.807, 2.05) is 0 Å². The molecule has 0 heterocycles. The Morgan fingerprint density at radius 1 is 0.857 bits per heavy atom. The summed E-state index contributed by atoms with van der Waals surface area (Å²) in [6.45, 7) is 1.15. The minimum absolute atomic E-state index is 0.834. The van der Waals surface area contributed by atoms with Gasteiger partial charge in [0.25, 0.3) is 0 Å². The van der Waals surface area contributed by atoms with Crippen LogP contribution in [0.25, 0.3) is 0 Å². The zero-order valence-electron chi connectivity index (χ0n) is 13.1. The molecule has 0 atom stereocenters. The SMILES string of the molecule is Brc1cccc(CN(C2CCCCC2)C2CCCCC2)c1. The zero-order chi connectivity index (χ0) is 14.5. The van der Waals surface area contributed by atoms with Crippen LogP contribution in [0.1, 0.15) is 69.8 Å². The van der Waals surface area contributed by atoms with Gasteiger partial charge in [-0.1, -0.05) is 66.6 Å². The van der Waals surface area contributed by atoms with Crippen LogP contribution in [-0.4, -0.2) is 17.0 Å². The van der Waals surface area contributed by atoms with Crippen molar-refractivity contribution in [3.8, 4) is 0 Å². The summed E-state index contributed by atoms with van der Waals surface area (Å²) >= 11 is 3.63. The van der Waals surface area contributed by atoms with Crippen molar-refractivity contribution in [1.29, 1.82) is 0 Å². The van der Waals surface area contributed by atoms with Crippen molar-refractivity contribution in [2.24, 2.45) is 0 Å². The lowest BCUT2D eigenvalue weighted by Crippen LogP contribution is -2.44. The highest BCUT2D eigenvalue weighted by Gasteiger charge is 2.28. The van der Waals surface area contributed by atoms with Crippen LogP contribution in [0.15, 0.2) is 28.7 Å². The van der Waals surface area contributed by atoms with Crippen LogP contribution in [0.5, 0.6) is 0 Å². The van der Waals surface area contributed by atoms with Crippen molar-refractivity contribution in [2.75, 3.05) is 0 Å². The molecular formula is C19H28BrN. The maximum atomic E-state index is 3.63. The average Bonchev–Trinajstić information content (AvgIpc) is 2.54. The Kier molecular flexibility index (Phi) is 5.76. The van der Waals surface area contributed by atoms with Crippen molar-refractivity contribution in [2.45, 2.75) is 82.8 Å². The summed E-state index contributed by atoms with van der Waals surface area (Å²) in [5, 5.41) is 0. The van der Waals surface area contributed by atoms with Crippen LogP contribution in [0.2, 0.25) is 0 Å². The van der Waals surface area contributed by atoms with Gasteiger partial charge in [-0.3, -0.25) is 4.90 Å². The molecule has 1 aromatic rings. The van der Waals surface area contributed by atoms with Gasteiger partial charge < -0.3 is 0 Å². The predicted octanol–water partition coefficient (Wildman–Crippen LogP) is 5.92. The lowest BCUT2D eigenvalue weighted by molar-refractivity contribution is 0.0731. The number of benzene rings is 1. The summed E-state index contributed by atoms with van der Waals surface area (Å²) in [5.74, 6) is 0. The fourth-order valence-electron chi connectivity index (χ4n) is 4.23. The third-order valence-corrected chi connectivity index (χ3v) is 5.83. The van der Waals surface area contributed by atoms with Gasteiger partial charge >= 0.3 is 0 Å². The number of rotatable bonds is 4. The second-order valence-electron chi connectivity index (χ2n) is 6.89. The minimum atomic E-state index is 0.834. The van der Waals surface area contributed by atoms with E-state index in [0.29, 0.717) is 0 Å². The first-order valence-electron chi connectivity index (χ1n) is 8.83. The topological polar surface area (TPSA) is 3.24 Å². The monoisotopic (exact) mass is 349 g/mol. The third-order valence-electron chi connectivity index (χ3n) is 5.34. The molecule has 0 bridgehead atoms. The van der Waals surface area contributed by atoms with E-state index in [4.69, 9.17) is 0 Å². The summed E-state index contributed by atoms with van der Waals surface area (Å²) in [5.41, 5.74) is 1.47. The molecule has 2 saturated carbocycles. The van der Waals surface area contributed by atoms with Gasteiger partial charge in [-0.2, -0.15) is 0 Å². The number of nitrogens with zero attached hydrogens (tertiary/aromatic N) is 1.